The Morgan fingerprint density at radius 1 is 1.27 bits per heavy atom. The highest BCUT2D eigenvalue weighted by Gasteiger charge is 2.20. The zero-order chi connectivity index (χ0) is 7.52. The van der Waals surface area contributed by atoms with Crippen LogP contribution in [-0.4, -0.2) is 23.3 Å². The third-order valence-corrected chi connectivity index (χ3v) is 3.04. The normalized spacial score (nSPS) is 24.9. The van der Waals surface area contributed by atoms with Gasteiger partial charge in [-0.2, -0.15) is 16.9 Å². The van der Waals surface area contributed by atoms with Gasteiger partial charge in [0, 0.05) is 11.8 Å². The molecule has 1 aliphatic carbocycles. The minimum Gasteiger partial charge on any atom is -0.307 e. The maximum atomic E-state index is 4.40. The van der Waals surface area contributed by atoms with E-state index < -0.39 is 0 Å². The van der Waals surface area contributed by atoms with Crippen LogP contribution in [-0.2, 0) is 0 Å². The lowest BCUT2D eigenvalue weighted by Gasteiger charge is -2.11. The minimum atomic E-state index is 0.720. The second-order valence-corrected chi connectivity index (χ2v) is 4.42. The van der Waals surface area contributed by atoms with Crippen molar-refractivity contribution in [2.24, 2.45) is 5.10 Å². The molecule has 0 spiro atoms. The van der Waals surface area contributed by atoms with Crippen molar-refractivity contribution in [3.8, 4) is 0 Å². The van der Waals surface area contributed by atoms with Crippen molar-refractivity contribution < 1.29 is 0 Å². The van der Waals surface area contributed by atoms with E-state index in [-0.39, 0.29) is 0 Å². The summed E-state index contributed by atoms with van der Waals surface area (Å²) in [4.78, 5) is 0. The van der Waals surface area contributed by atoms with Crippen LogP contribution >= 0.6 is 11.8 Å². The average Bonchev–Trinajstić information content (AvgIpc) is 2.86. The molecule has 3 heteroatoms. The fraction of sp³-hybridized carbons (Fsp3) is 0.875. The lowest BCUT2D eigenvalue weighted by Crippen LogP contribution is -2.16. The molecule has 0 amide bonds. The van der Waals surface area contributed by atoms with Gasteiger partial charge in [0.15, 0.2) is 0 Å². The summed E-state index contributed by atoms with van der Waals surface area (Å²) >= 11 is 2.04. The Kier molecular flexibility index (Phi) is 2.36. The first-order valence-electron chi connectivity index (χ1n) is 4.34. The Morgan fingerprint density at radius 3 is 2.64 bits per heavy atom. The molecule has 1 N–H and O–H groups in total. The second kappa shape index (κ2) is 3.48. The van der Waals surface area contributed by atoms with E-state index in [1.54, 1.807) is 0 Å². The molecular formula is C8H14N2S. The fourth-order valence-corrected chi connectivity index (χ4v) is 2.08. The van der Waals surface area contributed by atoms with Crippen molar-refractivity contribution in [3.63, 3.8) is 0 Å². The Morgan fingerprint density at radius 2 is 2.00 bits per heavy atom. The smallest absolute Gasteiger partial charge is 0.0441 e. The third-order valence-electron chi connectivity index (χ3n) is 2.05. The minimum absolute atomic E-state index is 0.720. The Bertz CT molecular complexity index is 155. The van der Waals surface area contributed by atoms with E-state index in [0.29, 0.717) is 0 Å². The number of hydrogen-bond acceptors (Lipinski definition) is 3. The van der Waals surface area contributed by atoms with Crippen LogP contribution in [0.25, 0.3) is 0 Å². The number of hydrazone groups is 1. The fourth-order valence-electron chi connectivity index (χ4n) is 1.11. The van der Waals surface area contributed by atoms with Gasteiger partial charge < -0.3 is 5.43 Å². The van der Waals surface area contributed by atoms with E-state index >= 15 is 0 Å². The number of nitrogens with one attached hydrogen (secondary N) is 1. The molecule has 2 fully saturated rings. The predicted octanol–water partition coefficient (Wildman–Crippen LogP) is 1.62. The van der Waals surface area contributed by atoms with Crippen LogP contribution in [0.15, 0.2) is 5.10 Å². The first kappa shape index (κ1) is 7.47. The monoisotopic (exact) mass is 170 g/mol. The quantitative estimate of drug-likeness (QED) is 0.637. The molecule has 0 unspecified atom stereocenters. The average molecular weight is 170 g/mol. The standard InChI is InChI=1S/C8H14N2S/c1-2-7(1)9-10-8-3-5-11-6-4-8/h7,9H,1-6H2. The van der Waals surface area contributed by atoms with Crippen molar-refractivity contribution in [1.29, 1.82) is 0 Å². The van der Waals surface area contributed by atoms with Crippen LogP contribution in [0, 0.1) is 0 Å². The summed E-state index contributed by atoms with van der Waals surface area (Å²) in [5, 5.41) is 4.40. The Hall–Kier alpha value is -0.180. The molecule has 11 heavy (non-hydrogen) atoms. The molecule has 1 aliphatic heterocycles. The highest BCUT2D eigenvalue weighted by molar-refractivity contribution is 7.99. The van der Waals surface area contributed by atoms with E-state index in [9.17, 15) is 0 Å². The molecule has 0 atom stereocenters. The molecule has 1 saturated carbocycles. The summed E-state index contributed by atoms with van der Waals surface area (Å²) in [7, 11) is 0. The van der Waals surface area contributed by atoms with Crippen LogP contribution in [0.1, 0.15) is 25.7 Å². The van der Waals surface area contributed by atoms with Crippen molar-refractivity contribution in [1.82, 2.24) is 5.43 Å². The van der Waals surface area contributed by atoms with Gasteiger partial charge >= 0.3 is 0 Å². The molecule has 2 aliphatic rings. The molecule has 2 rings (SSSR count). The van der Waals surface area contributed by atoms with Gasteiger partial charge in [-0.05, 0) is 37.2 Å². The first-order valence-corrected chi connectivity index (χ1v) is 5.49. The van der Waals surface area contributed by atoms with E-state index in [4.69, 9.17) is 0 Å². The SMILES string of the molecule is C1CC(=NNC2CC2)CCS1. The van der Waals surface area contributed by atoms with Crippen molar-refractivity contribution >= 4 is 17.5 Å². The van der Waals surface area contributed by atoms with Gasteiger partial charge in [0.05, 0.1) is 0 Å². The Balaban J connectivity index is 1.75. The van der Waals surface area contributed by atoms with Crippen LogP contribution in [0.2, 0.25) is 0 Å². The van der Waals surface area contributed by atoms with Crippen molar-refractivity contribution in [2.75, 3.05) is 11.5 Å². The van der Waals surface area contributed by atoms with E-state index in [1.165, 1.54) is 42.9 Å². The lowest BCUT2D eigenvalue weighted by atomic mass is 10.2. The van der Waals surface area contributed by atoms with Gasteiger partial charge in [0.1, 0.15) is 0 Å². The zero-order valence-electron chi connectivity index (χ0n) is 6.68. The van der Waals surface area contributed by atoms with Crippen LogP contribution in [0.4, 0.5) is 0 Å². The molecule has 0 aromatic heterocycles. The maximum Gasteiger partial charge on any atom is 0.0441 e. The van der Waals surface area contributed by atoms with E-state index in [0.717, 1.165) is 6.04 Å². The van der Waals surface area contributed by atoms with Crippen molar-refractivity contribution in [3.05, 3.63) is 0 Å². The van der Waals surface area contributed by atoms with Gasteiger partial charge in [-0.3, -0.25) is 0 Å². The molecule has 0 aromatic carbocycles. The second-order valence-electron chi connectivity index (χ2n) is 3.19. The van der Waals surface area contributed by atoms with Gasteiger partial charge in [-0.25, -0.2) is 0 Å². The predicted molar refractivity (Wildman–Crippen MR) is 50.2 cm³/mol. The van der Waals surface area contributed by atoms with Gasteiger partial charge in [0.2, 0.25) is 0 Å². The first-order chi connectivity index (χ1) is 5.45. The van der Waals surface area contributed by atoms with E-state index in [1.807, 2.05) is 11.8 Å². The van der Waals surface area contributed by atoms with Crippen molar-refractivity contribution in [2.45, 2.75) is 31.7 Å². The lowest BCUT2D eigenvalue weighted by molar-refractivity contribution is 0.730. The molecule has 1 saturated heterocycles. The molecule has 62 valence electrons. The molecule has 1 heterocycles. The molecule has 0 radical (unpaired) electrons. The molecule has 0 bridgehead atoms. The summed E-state index contributed by atoms with van der Waals surface area (Å²) in [5.74, 6) is 2.54. The van der Waals surface area contributed by atoms with Gasteiger partial charge in [0.25, 0.3) is 0 Å². The van der Waals surface area contributed by atoms with Gasteiger partial charge in [-0.15, -0.1) is 0 Å². The number of thioether (sulfide) groups is 1. The topological polar surface area (TPSA) is 24.4 Å². The number of hydrogen-bond donors (Lipinski definition) is 1. The van der Waals surface area contributed by atoms with Crippen LogP contribution in [0.5, 0.6) is 0 Å². The summed E-state index contributed by atoms with van der Waals surface area (Å²) in [5.41, 5.74) is 4.59. The molecule has 2 nitrogen and oxygen atoms in total. The number of nitrogens with zero attached hydrogens (tertiary/aromatic N) is 1. The van der Waals surface area contributed by atoms with Crippen LogP contribution in [0.3, 0.4) is 0 Å². The van der Waals surface area contributed by atoms with E-state index in [2.05, 4.69) is 10.5 Å². The summed E-state index contributed by atoms with van der Waals surface area (Å²) in [6, 6.07) is 0.720. The highest BCUT2D eigenvalue weighted by Crippen LogP contribution is 2.19. The summed E-state index contributed by atoms with van der Waals surface area (Å²) in [6.07, 6.45) is 5.05. The largest absolute Gasteiger partial charge is 0.307 e. The molecular weight excluding hydrogens is 156 g/mol. The van der Waals surface area contributed by atoms with Crippen LogP contribution < -0.4 is 5.43 Å². The third kappa shape index (κ3) is 2.40. The Labute approximate surface area is 71.8 Å². The zero-order valence-corrected chi connectivity index (χ0v) is 7.49. The summed E-state index contributed by atoms with van der Waals surface area (Å²) < 4.78 is 0. The highest BCUT2D eigenvalue weighted by atomic mass is 32.2. The maximum absolute atomic E-state index is 4.40. The number of rotatable bonds is 2. The molecule has 0 aromatic rings. The summed E-state index contributed by atoms with van der Waals surface area (Å²) in [6.45, 7) is 0. The van der Waals surface area contributed by atoms with Gasteiger partial charge in [-0.1, -0.05) is 0 Å².